The van der Waals surface area contributed by atoms with Gasteiger partial charge in [0.1, 0.15) is 11.8 Å². The molecule has 0 spiro atoms. The van der Waals surface area contributed by atoms with Gasteiger partial charge in [-0.15, -0.1) is 0 Å². The van der Waals surface area contributed by atoms with E-state index in [-0.39, 0.29) is 34.0 Å². The van der Waals surface area contributed by atoms with Gasteiger partial charge in [-0.25, -0.2) is 4.98 Å². The van der Waals surface area contributed by atoms with Crippen LogP contribution in [0.15, 0.2) is 41.3 Å². The lowest BCUT2D eigenvalue weighted by molar-refractivity contribution is -0.196. The molecule has 3 heterocycles. The van der Waals surface area contributed by atoms with Crippen molar-refractivity contribution < 1.29 is 19.0 Å². The third-order valence-corrected chi connectivity index (χ3v) is 8.95. The van der Waals surface area contributed by atoms with Crippen molar-refractivity contribution in [3.8, 4) is 6.07 Å². The van der Waals surface area contributed by atoms with E-state index in [1.165, 1.54) is 17.3 Å². The molecule has 2 aliphatic carbocycles. The zero-order valence-electron chi connectivity index (χ0n) is 23.1. The van der Waals surface area contributed by atoms with Crippen molar-refractivity contribution in [2.45, 2.75) is 76.4 Å². The molecule has 0 saturated carbocycles. The highest BCUT2D eigenvalue weighted by Crippen LogP contribution is 2.54. The summed E-state index contributed by atoms with van der Waals surface area (Å²) in [6.45, 7) is 5.83. The highest BCUT2D eigenvalue weighted by atomic mass is 16.6. The van der Waals surface area contributed by atoms with Crippen LogP contribution in [0.5, 0.6) is 0 Å². The van der Waals surface area contributed by atoms with E-state index in [0.717, 1.165) is 57.1 Å². The van der Waals surface area contributed by atoms with Gasteiger partial charge in [0, 0.05) is 19.9 Å². The molecule has 8 nitrogen and oxygen atoms in total. The molecular weight excluding hydrogens is 480 g/mol. The molecule has 5 rings (SSSR count). The predicted molar refractivity (Wildman–Crippen MR) is 143 cm³/mol. The van der Waals surface area contributed by atoms with Crippen LogP contribution < -0.4 is 5.32 Å². The zero-order chi connectivity index (χ0) is 27.0. The van der Waals surface area contributed by atoms with Crippen LogP contribution in [0.1, 0.15) is 81.5 Å². The molecule has 2 bridgehead atoms. The van der Waals surface area contributed by atoms with Gasteiger partial charge in [0.25, 0.3) is 5.91 Å². The number of imidazole rings is 1. The fourth-order valence-electron chi connectivity index (χ4n) is 6.99. The molecule has 0 radical (unpaired) electrons. The SMILES string of the molecule is COC[C@@]12CC[C@@](COC)(CC(C3C=CC(NC(=O)c4ncc(C#N)[nH]4)=C(C4=CCC(C)(C)CC4)C3)C1)O2. The Hall–Kier alpha value is -2.73. The normalized spacial score (nSPS) is 32.1. The van der Waals surface area contributed by atoms with Crippen LogP contribution >= 0.6 is 0 Å². The van der Waals surface area contributed by atoms with E-state index in [1.807, 2.05) is 6.07 Å². The average molecular weight is 521 g/mol. The van der Waals surface area contributed by atoms with Gasteiger partial charge in [-0.1, -0.05) is 26.0 Å². The van der Waals surface area contributed by atoms with Gasteiger partial charge in [0.2, 0.25) is 0 Å². The fraction of sp³-hybridized carbons (Fsp3) is 0.633. The summed E-state index contributed by atoms with van der Waals surface area (Å²) in [5.74, 6) is 0.585. The number of H-pyrrole nitrogens is 1. The number of nitrogens with one attached hydrogen (secondary N) is 2. The summed E-state index contributed by atoms with van der Waals surface area (Å²) in [6.07, 6.45) is 16.0. The van der Waals surface area contributed by atoms with E-state index in [0.29, 0.717) is 25.0 Å². The molecule has 4 aliphatic rings. The number of carbonyl (C=O) groups excluding carboxylic acids is 1. The van der Waals surface area contributed by atoms with Crippen LogP contribution in [0, 0.1) is 28.6 Å². The number of aromatic nitrogens is 2. The molecule has 2 N–H and O–H groups in total. The molecular formula is C30H40N4O4. The highest BCUT2D eigenvalue weighted by Gasteiger charge is 2.56. The van der Waals surface area contributed by atoms with Crippen LogP contribution in [-0.2, 0) is 14.2 Å². The first-order chi connectivity index (χ1) is 18.2. The van der Waals surface area contributed by atoms with Crippen molar-refractivity contribution in [3.63, 3.8) is 0 Å². The summed E-state index contributed by atoms with van der Waals surface area (Å²) in [5.41, 5.74) is 3.43. The smallest absolute Gasteiger partial charge is 0.291 e. The van der Waals surface area contributed by atoms with Gasteiger partial charge >= 0.3 is 0 Å². The van der Waals surface area contributed by atoms with Crippen LogP contribution in [0.25, 0.3) is 0 Å². The van der Waals surface area contributed by atoms with E-state index in [1.54, 1.807) is 14.2 Å². The van der Waals surface area contributed by atoms with E-state index in [4.69, 9.17) is 19.5 Å². The lowest BCUT2D eigenvalue weighted by Crippen LogP contribution is -2.50. The van der Waals surface area contributed by atoms with Gasteiger partial charge < -0.3 is 24.5 Å². The second-order valence-electron chi connectivity index (χ2n) is 12.4. The summed E-state index contributed by atoms with van der Waals surface area (Å²) in [6, 6.07) is 1.99. The fourth-order valence-corrected chi connectivity index (χ4v) is 6.99. The maximum atomic E-state index is 13.0. The van der Waals surface area contributed by atoms with Crippen molar-refractivity contribution in [2.24, 2.45) is 17.3 Å². The summed E-state index contributed by atoms with van der Waals surface area (Å²) in [7, 11) is 3.51. The Morgan fingerprint density at radius 2 is 1.92 bits per heavy atom. The Bertz CT molecular complexity index is 1180. The quantitative estimate of drug-likeness (QED) is 0.501. The monoisotopic (exact) mass is 520 g/mol. The first-order valence-electron chi connectivity index (χ1n) is 13.7. The first-order valence-corrected chi connectivity index (χ1v) is 13.7. The zero-order valence-corrected chi connectivity index (χ0v) is 23.1. The molecule has 38 heavy (non-hydrogen) atoms. The molecule has 0 aromatic carbocycles. The molecule has 2 aliphatic heterocycles. The van der Waals surface area contributed by atoms with Crippen LogP contribution in [-0.4, -0.2) is 54.5 Å². The molecule has 1 aromatic heterocycles. The first kappa shape index (κ1) is 26.9. The number of carbonyl (C=O) groups is 1. The lowest BCUT2D eigenvalue weighted by Gasteiger charge is -2.46. The van der Waals surface area contributed by atoms with Gasteiger partial charge in [-0.05, 0) is 85.8 Å². The van der Waals surface area contributed by atoms with Crippen molar-refractivity contribution in [1.82, 2.24) is 15.3 Å². The van der Waals surface area contributed by atoms with Crippen LogP contribution in [0.3, 0.4) is 0 Å². The Morgan fingerprint density at radius 1 is 1.21 bits per heavy atom. The van der Waals surface area contributed by atoms with E-state index in [9.17, 15) is 4.79 Å². The molecule has 2 saturated heterocycles. The van der Waals surface area contributed by atoms with Crippen molar-refractivity contribution in [1.29, 1.82) is 5.26 Å². The summed E-state index contributed by atoms with van der Waals surface area (Å²) >= 11 is 0. The van der Waals surface area contributed by atoms with E-state index >= 15 is 0 Å². The third kappa shape index (κ3) is 5.38. The third-order valence-electron chi connectivity index (χ3n) is 8.95. The minimum atomic E-state index is -0.332. The number of nitriles is 1. The van der Waals surface area contributed by atoms with E-state index < -0.39 is 0 Å². The van der Waals surface area contributed by atoms with Gasteiger partial charge in [-0.2, -0.15) is 5.26 Å². The Kier molecular flexibility index (Phi) is 7.38. The maximum absolute atomic E-state index is 13.0. The number of hydrogen-bond acceptors (Lipinski definition) is 6. The standard InChI is InChI=1S/C30H40N4O4/c1-28(2)9-7-20(8-10-28)24-13-21(5-6-25(24)34-27(35)26-32-17-23(16-31)33-26)22-14-29(18-36-3)11-12-30(15-22,38-29)19-37-4/h5-7,17,21-22H,8-15,18-19H2,1-4H3,(H,32,33)(H,34,35)/t21?,22?,29-,30+. The molecule has 4 atom stereocenters. The number of methoxy groups -OCH3 is 2. The minimum Gasteiger partial charge on any atom is -0.382 e. The minimum absolute atomic E-state index is 0.145. The predicted octanol–water partition coefficient (Wildman–Crippen LogP) is 4.97. The van der Waals surface area contributed by atoms with Crippen molar-refractivity contribution >= 4 is 5.91 Å². The topological polar surface area (TPSA) is 109 Å². The van der Waals surface area contributed by atoms with E-state index in [2.05, 4.69) is 47.4 Å². The Morgan fingerprint density at radius 3 is 2.50 bits per heavy atom. The summed E-state index contributed by atoms with van der Waals surface area (Å²) < 4.78 is 17.9. The number of hydrogen-bond donors (Lipinski definition) is 2. The number of allylic oxidation sites excluding steroid dienone is 5. The average Bonchev–Trinajstić information content (AvgIpc) is 3.47. The van der Waals surface area contributed by atoms with Crippen molar-refractivity contribution in [2.75, 3.05) is 27.4 Å². The maximum Gasteiger partial charge on any atom is 0.291 e. The van der Waals surface area contributed by atoms with Gasteiger partial charge in [0.15, 0.2) is 5.82 Å². The number of aromatic amines is 1. The highest BCUT2D eigenvalue weighted by molar-refractivity contribution is 5.92. The second kappa shape index (κ2) is 10.4. The second-order valence-corrected chi connectivity index (χ2v) is 12.4. The van der Waals surface area contributed by atoms with Crippen LogP contribution in [0.4, 0.5) is 0 Å². The largest absolute Gasteiger partial charge is 0.382 e. The van der Waals surface area contributed by atoms with Gasteiger partial charge in [0.05, 0.1) is 30.6 Å². The molecule has 2 fully saturated rings. The number of amides is 1. The van der Waals surface area contributed by atoms with Crippen molar-refractivity contribution in [3.05, 3.63) is 52.8 Å². The molecule has 2 unspecified atom stereocenters. The Balaban J connectivity index is 1.42. The van der Waals surface area contributed by atoms with Gasteiger partial charge in [-0.3, -0.25) is 4.79 Å². The molecule has 1 aromatic rings. The molecule has 8 heteroatoms. The summed E-state index contributed by atoms with van der Waals surface area (Å²) in [5, 5.41) is 12.2. The number of ether oxygens (including phenoxy) is 3. The number of fused-ring (bicyclic) bond motifs is 2. The molecule has 204 valence electrons. The summed E-state index contributed by atoms with van der Waals surface area (Å²) in [4.78, 5) is 19.9. The Labute approximate surface area is 225 Å². The van der Waals surface area contributed by atoms with Crippen LogP contribution in [0.2, 0.25) is 0 Å². The number of rotatable bonds is 8. The lowest BCUT2D eigenvalue weighted by atomic mass is 9.70. The number of nitrogens with zero attached hydrogens (tertiary/aromatic N) is 2. The molecule has 1 amide bonds.